The van der Waals surface area contributed by atoms with Crippen LogP contribution in [0.15, 0.2) is 29.2 Å². The highest BCUT2D eigenvalue weighted by Crippen LogP contribution is 2.17. The van der Waals surface area contributed by atoms with E-state index in [1.54, 1.807) is 28.9 Å². The van der Waals surface area contributed by atoms with Gasteiger partial charge < -0.3 is 5.73 Å². The van der Waals surface area contributed by atoms with Gasteiger partial charge >= 0.3 is 0 Å². The normalized spacial score (nSPS) is 11.8. The fourth-order valence-electron chi connectivity index (χ4n) is 2.25. The lowest BCUT2D eigenvalue weighted by Gasteiger charge is -2.10. The van der Waals surface area contributed by atoms with Gasteiger partial charge in [0.1, 0.15) is 0 Å². The Morgan fingerprint density at radius 3 is 2.52 bits per heavy atom. The molecule has 1 aromatic carbocycles. The van der Waals surface area contributed by atoms with Crippen LogP contribution in [0.4, 0.5) is 0 Å². The molecule has 3 N–H and O–H groups in total. The maximum Gasteiger partial charge on any atom is 0.241 e. The van der Waals surface area contributed by atoms with Gasteiger partial charge in [-0.2, -0.15) is 5.10 Å². The van der Waals surface area contributed by atoms with Gasteiger partial charge in [0.25, 0.3) is 0 Å². The first-order chi connectivity index (χ1) is 9.86. The molecule has 0 saturated carbocycles. The molecule has 0 spiro atoms. The van der Waals surface area contributed by atoms with E-state index in [1.165, 1.54) is 0 Å². The van der Waals surface area contributed by atoms with Crippen molar-refractivity contribution in [3.05, 3.63) is 46.8 Å². The number of aromatic nitrogens is 2. The molecule has 0 saturated heterocycles. The fraction of sp³-hybridized carbons (Fsp3) is 0.357. The van der Waals surface area contributed by atoms with Crippen molar-refractivity contribution in [3.63, 3.8) is 0 Å². The van der Waals surface area contributed by atoms with E-state index in [4.69, 9.17) is 5.73 Å². The molecule has 0 bridgehead atoms. The summed E-state index contributed by atoms with van der Waals surface area (Å²) in [5.74, 6) is 0. The van der Waals surface area contributed by atoms with Crippen LogP contribution in [0.2, 0.25) is 0 Å². The number of rotatable bonds is 5. The molecule has 0 aliphatic heterocycles. The molecule has 0 aliphatic rings. The largest absolute Gasteiger partial charge is 0.326 e. The van der Waals surface area contributed by atoms with Crippen molar-refractivity contribution in [2.24, 2.45) is 12.8 Å². The maximum absolute atomic E-state index is 12.4. The summed E-state index contributed by atoms with van der Waals surface area (Å²) in [4.78, 5) is 0.228. The quantitative estimate of drug-likeness (QED) is 0.861. The van der Waals surface area contributed by atoms with Gasteiger partial charge in [0.15, 0.2) is 0 Å². The predicted molar refractivity (Wildman–Crippen MR) is 81.0 cm³/mol. The summed E-state index contributed by atoms with van der Waals surface area (Å²) in [5, 5.41) is 4.28. The van der Waals surface area contributed by atoms with Crippen LogP contribution in [0, 0.1) is 13.8 Å². The van der Waals surface area contributed by atoms with Crippen molar-refractivity contribution >= 4 is 10.0 Å². The van der Waals surface area contributed by atoms with Crippen LogP contribution >= 0.6 is 0 Å². The standard InChI is InChI=1S/C14H20N4O2S/c1-10-13(11(2)18(3)17-10)9-16-21(19,20)14-7-5-4-6-12(14)8-15/h4-7,16H,8-9,15H2,1-3H3. The monoisotopic (exact) mass is 308 g/mol. The molecule has 1 aromatic heterocycles. The topological polar surface area (TPSA) is 90.0 Å². The Labute approximate surface area is 125 Å². The minimum absolute atomic E-state index is 0.183. The van der Waals surface area contributed by atoms with Crippen LogP contribution < -0.4 is 10.5 Å². The number of sulfonamides is 1. The molecule has 7 heteroatoms. The summed E-state index contributed by atoms with van der Waals surface area (Å²) in [5.41, 5.74) is 8.87. The van der Waals surface area contributed by atoms with E-state index in [1.807, 2.05) is 20.9 Å². The highest BCUT2D eigenvalue weighted by Gasteiger charge is 2.19. The number of nitrogens with two attached hydrogens (primary N) is 1. The summed E-state index contributed by atoms with van der Waals surface area (Å²) in [6, 6.07) is 6.74. The Kier molecular flexibility index (Phi) is 4.46. The molecule has 0 unspecified atom stereocenters. The summed E-state index contributed by atoms with van der Waals surface area (Å²) in [6.07, 6.45) is 0. The smallest absolute Gasteiger partial charge is 0.241 e. The number of hydrogen-bond acceptors (Lipinski definition) is 4. The second kappa shape index (κ2) is 5.97. The third-order valence-corrected chi connectivity index (χ3v) is 5.08. The van der Waals surface area contributed by atoms with E-state index in [0.717, 1.165) is 17.0 Å². The van der Waals surface area contributed by atoms with Gasteiger partial charge in [0, 0.05) is 31.4 Å². The van der Waals surface area contributed by atoms with E-state index >= 15 is 0 Å². The van der Waals surface area contributed by atoms with Crippen LogP contribution in [0.25, 0.3) is 0 Å². The molecule has 0 radical (unpaired) electrons. The van der Waals surface area contributed by atoms with Crippen molar-refractivity contribution in [2.75, 3.05) is 0 Å². The number of benzene rings is 1. The molecular formula is C14H20N4O2S. The molecule has 1 heterocycles. The lowest BCUT2D eigenvalue weighted by molar-refractivity contribution is 0.579. The van der Waals surface area contributed by atoms with Crippen molar-refractivity contribution < 1.29 is 8.42 Å². The van der Waals surface area contributed by atoms with Gasteiger partial charge in [-0.3, -0.25) is 4.68 Å². The second-order valence-corrected chi connectivity index (χ2v) is 6.64. The lowest BCUT2D eigenvalue weighted by atomic mass is 10.2. The summed E-state index contributed by atoms with van der Waals surface area (Å²) in [6.45, 7) is 4.18. The van der Waals surface area contributed by atoms with Crippen molar-refractivity contribution in [2.45, 2.75) is 31.8 Å². The minimum atomic E-state index is -3.59. The Bertz CT molecular complexity index is 750. The van der Waals surface area contributed by atoms with Crippen LogP contribution in [0.5, 0.6) is 0 Å². The van der Waals surface area contributed by atoms with Gasteiger partial charge in [-0.15, -0.1) is 0 Å². The molecule has 0 fully saturated rings. The van der Waals surface area contributed by atoms with Crippen LogP contribution in [-0.4, -0.2) is 18.2 Å². The zero-order valence-corrected chi connectivity index (χ0v) is 13.2. The first kappa shape index (κ1) is 15.7. The lowest BCUT2D eigenvalue weighted by Crippen LogP contribution is -2.25. The second-order valence-electron chi connectivity index (χ2n) is 4.91. The molecule has 21 heavy (non-hydrogen) atoms. The van der Waals surface area contributed by atoms with Gasteiger partial charge in [0.05, 0.1) is 10.6 Å². The van der Waals surface area contributed by atoms with Gasteiger partial charge in [-0.05, 0) is 25.5 Å². The van der Waals surface area contributed by atoms with Gasteiger partial charge in [-0.25, -0.2) is 13.1 Å². The molecule has 0 aliphatic carbocycles. The van der Waals surface area contributed by atoms with Crippen LogP contribution in [0.1, 0.15) is 22.5 Å². The summed E-state index contributed by atoms with van der Waals surface area (Å²) >= 11 is 0. The van der Waals surface area contributed by atoms with E-state index in [9.17, 15) is 8.42 Å². The third-order valence-electron chi connectivity index (χ3n) is 3.58. The highest BCUT2D eigenvalue weighted by atomic mass is 32.2. The Balaban J connectivity index is 2.26. The average Bonchev–Trinajstić information content (AvgIpc) is 2.70. The zero-order chi connectivity index (χ0) is 15.6. The summed E-state index contributed by atoms with van der Waals surface area (Å²) in [7, 11) is -1.76. The third kappa shape index (κ3) is 3.15. The SMILES string of the molecule is Cc1nn(C)c(C)c1CNS(=O)(=O)c1ccccc1CN. The molecule has 0 atom stereocenters. The van der Waals surface area contributed by atoms with E-state index in [-0.39, 0.29) is 18.0 Å². The predicted octanol–water partition coefficient (Wildman–Crippen LogP) is 0.974. The van der Waals surface area contributed by atoms with Crippen molar-refractivity contribution in [3.8, 4) is 0 Å². The Morgan fingerprint density at radius 1 is 1.29 bits per heavy atom. The highest BCUT2D eigenvalue weighted by molar-refractivity contribution is 7.89. The zero-order valence-electron chi connectivity index (χ0n) is 12.4. The van der Waals surface area contributed by atoms with Crippen molar-refractivity contribution in [1.29, 1.82) is 0 Å². The summed E-state index contributed by atoms with van der Waals surface area (Å²) < 4.78 is 29.2. The number of hydrogen-bond donors (Lipinski definition) is 2. The van der Waals surface area contributed by atoms with Crippen LogP contribution in [-0.2, 0) is 30.2 Å². The molecule has 2 rings (SSSR count). The van der Waals surface area contributed by atoms with Crippen LogP contribution in [0.3, 0.4) is 0 Å². The molecular weight excluding hydrogens is 288 g/mol. The molecule has 0 amide bonds. The van der Waals surface area contributed by atoms with Gasteiger partial charge in [0.2, 0.25) is 10.0 Å². The van der Waals surface area contributed by atoms with Gasteiger partial charge in [-0.1, -0.05) is 18.2 Å². The number of nitrogens with zero attached hydrogens (tertiary/aromatic N) is 2. The van der Waals surface area contributed by atoms with Crippen molar-refractivity contribution in [1.82, 2.24) is 14.5 Å². The minimum Gasteiger partial charge on any atom is -0.326 e. The van der Waals surface area contributed by atoms with E-state index in [0.29, 0.717) is 5.56 Å². The maximum atomic E-state index is 12.4. The first-order valence-electron chi connectivity index (χ1n) is 6.63. The number of aryl methyl sites for hydroxylation is 2. The Morgan fingerprint density at radius 2 is 1.95 bits per heavy atom. The molecule has 2 aromatic rings. The molecule has 114 valence electrons. The van der Waals surface area contributed by atoms with E-state index < -0.39 is 10.0 Å². The first-order valence-corrected chi connectivity index (χ1v) is 8.12. The number of nitrogens with one attached hydrogen (secondary N) is 1. The fourth-order valence-corrected chi connectivity index (χ4v) is 3.50. The average molecular weight is 308 g/mol. The van der Waals surface area contributed by atoms with E-state index in [2.05, 4.69) is 9.82 Å². The Hall–Kier alpha value is -1.70. The molecule has 6 nitrogen and oxygen atoms in total.